The van der Waals surface area contributed by atoms with Crippen LogP contribution in [0.25, 0.3) is 50.4 Å². The molecule has 6 rings (SSSR count). The zero-order valence-electron chi connectivity index (χ0n) is 18.5. The molecule has 162 valence electrons. The van der Waals surface area contributed by atoms with Crippen molar-refractivity contribution in [3.05, 3.63) is 126 Å². The lowest BCUT2D eigenvalue weighted by Crippen LogP contribution is -1.94. The molecule has 2 aromatic heterocycles. The maximum Gasteiger partial charge on any atom is 0.185 e. The number of H-pyrrole nitrogens is 2. The first kappa shape index (κ1) is 20.0. The number of allylic oxidation sites excluding steroid dienone is 1. The summed E-state index contributed by atoms with van der Waals surface area (Å²) in [6, 6.07) is 36.5. The number of para-hydroxylation sites is 2. The standard InChI is InChI=1S/C31H22N2O/c34-30(21-9-2-1-3-10-21)18-17-22-13-8-14-25(28-19-23-11-4-6-15-26(23)32-28)31(22)29-20-24-12-5-7-16-27(24)33-29/h1-20,32-33H. The second-order valence-corrected chi connectivity index (χ2v) is 8.37. The molecule has 0 amide bonds. The molecule has 0 aliphatic heterocycles. The van der Waals surface area contributed by atoms with E-state index in [0.717, 1.165) is 44.5 Å². The Kier molecular flexibility index (Phi) is 4.93. The van der Waals surface area contributed by atoms with Crippen LogP contribution in [0.5, 0.6) is 0 Å². The number of nitrogens with one attached hydrogen (secondary N) is 2. The summed E-state index contributed by atoms with van der Waals surface area (Å²) in [5, 5.41) is 2.32. The van der Waals surface area contributed by atoms with Gasteiger partial charge in [0.1, 0.15) is 0 Å². The largest absolute Gasteiger partial charge is 0.355 e. The van der Waals surface area contributed by atoms with E-state index in [4.69, 9.17) is 0 Å². The molecule has 3 nitrogen and oxygen atoms in total. The molecule has 0 aliphatic rings. The number of fused-ring (bicyclic) bond motifs is 2. The van der Waals surface area contributed by atoms with E-state index in [1.807, 2.05) is 66.7 Å². The predicted octanol–water partition coefficient (Wildman–Crippen LogP) is 7.88. The number of hydrogen-bond donors (Lipinski definition) is 2. The molecule has 6 aromatic rings. The third-order valence-corrected chi connectivity index (χ3v) is 6.19. The van der Waals surface area contributed by atoms with E-state index < -0.39 is 0 Å². The maximum atomic E-state index is 12.8. The summed E-state index contributed by atoms with van der Waals surface area (Å²) in [6.07, 6.45) is 3.58. The predicted molar refractivity (Wildman–Crippen MR) is 141 cm³/mol. The highest BCUT2D eigenvalue weighted by Crippen LogP contribution is 2.37. The SMILES string of the molecule is O=C(C=Cc1cccc(-c2cc3ccccc3[nH]2)c1-c1cc2ccccc2[nH]1)c1ccccc1. The van der Waals surface area contributed by atoms with Crippen LogP contribution in [0.4, 0.5) is 0 Å². The Bertz CT molecular complexity index is 1600. The Labute approximate surface area is 197 Å². The summed E-state index contributed by atoms with van der Waals surface area (Å²) < 4.78 is 0. The van der Waals surface area contributed by atoms with Crippen molar-refractivity contribution in [2.45, 2.75) is 0 Å². The molecule has 0 bridgehead atoms. The van der Waals surface area contributed by atoms with E-state index in [-0.39, 0.29) is 5.78 Å². The number of rotatable bonds is 5. The van der Waals surface area contributed by atoms with Crippen molar-refractivity contribution in [3.8, 4) is 22.5 Å². The van der Waals surface area contributed by atoms with Gasteiger partial charge in [-0.15, -0.1) is 0 Å². The quantitative estimate of drug-likeness (QED) is 0.209. The van der Waals surface area contributed by atoms with Crippen molar-refractivity contribution >= 4 is 33.7 Å². The zero-order chi connectivity index (χ0) is 22.9. The topological polar surface area (TPSA) is 48.6 Å². The van der Waals surface area contributed by atoms with Gasteiger partial charge >= 0.3 is 0 Å². The van der Waals surface area contributed by atoms with E-state index in [1.54, 1.807) is 6.08 Å². The highest BCUT2D eigenvalue weighted by atomic mass is 16.1. The van der Waals surface area contributed by atoms with Crippen LogP contribution in [0.15, 0.2) is 115 Å². The molecule has 0 radical (unpaired) electrons. The third kappa shape index (κ3) is 3.63. The molecule has 0 aliphatic carbocycles. The lowest BCUT2D eigenvalue weighted by Gasteiger charge is -2.11. The minimum atomic E-state index is -0.0146. The molecule has 0 atom stereocenters. The zero-order valence-corrected chi connectivity index (χ0v) is 18.5. The van der Waals surface area contributed by atoms with Crippen molar-refractivity contribution < 1.29 is 4.79 Å². The first-order chi connectivity index (χ1) is 16.8. The van der Waals surface area contributed by atoms with Crippen LogP contribution in [0.2, 0.25) is 0 Å². The van der Waals surface area contributed by atoms with Gasteiger partial charge in [0.15, 0.2) is 5.78 Å². The van der Waals surface area contributed by atoms with Gasteiger partial charge in [-0.2, -0.15) is 0 Å². The van der Waals surface area contributed by atoms with Crippen LogP contribution < -0.4 is 0 Å². The van der Waals surface area contributed by atoms with Crippen molar-refractivity contribution in [1.29, 1.82) is 0 Å². The fourth-order valence-electron chi connectivity index (χ4n) is 4.52. The van der Waals surface area contributed by atoms with Crippen LogP contribution in [-0.4, -0.2) is 15.8 Å². The van der Waals surface area contributed by atoms with Gasteiger partial charge in [0.2, 0.25) is 0 Å². The molecular weight excluding hydrogens is 416 g/mol. The van der Waals surface area contributed by atoms with Crippen molar-refractivity contribution in [1.82, 2.24) is 9.97 Å². The number of carbonyl (C=O) groups excluding carboxylic acids is 1. The van der Waals surface area contributed by atoms with Crippen LogP contribution >= 0.6 is 0 Å². The monoisotopic (exact) mass is 438 g/mol. The minimum Gasteiger partial charge on any atom is -0.355 e. The molecule has 2 heterocycles. The van der Waals surface area contributed by atoms with E-state index in [1.165, 1.54) is 5.39 Å². The number of benzene rings is 4. The highest BCUT2D eigenvalue weighted by molar-refractivity contribution is 6.07. The molecule has 2 N–H and O–H groups in total. The van der Waals surface area contributed by atoms with Gasteiger partial charge < -0.3 is 9.97 Å². The summed E-state index contributed by atoms with van der Waals surface area (Å²) in [5.41, 5.74) is 8.03. The Morgan fingerprint density at radius 3 is 1.94 bits per heavy atom. The average Bonchev–Trinajstić information content (AvgIpc) is 3.51. The van der Waals surface area contributed by atoms with Crippen molar-refractivity contribution in [3.63, 3.8) is 0 Å². The Balaban J connectivity index is 1.53. The molecular formula is C31H22N2O. The van der Waals surface area contributed by atoms with Crippen molar-refractivity contribution in [2.75, 3.05) is 0 Å². The smallest absolute Gasteiger partial charge is 0.185 e. The second-order valence-electron chi connectivity index (χ2n) is 8.37. The first-order valence-electron chi connectivity index (χ1n) is 11.3. The van der Waals surface area contributed by atoms with Gasteiger partial charge in [-0.25, -0.2) is 0 Å². The minimum absolute atomic E-state index is 0.0146. The van der Waals surface area contributed by atoms with E-state index in [0.29, 0.717) is 5.56 Å². The Morgan fingerprint density at radius 1 is 0.618 bits per heavy atom. The molecule has 4 aromatic carbocycles. The fourth-order valence-corrected chi connectivity index (χ4v) is 4.52. The lowest BCUT2D eigenvalue weighted by atomic mass is 9.95. The number of aromatic nitrogens is 2. The number of carbonyl (C=O) groups is 1. The number of aromatic amines is 2. The van der Waals surface area contributed by atoms with Gasteiger partial charge in [0.25, 0.3) is 0 Å². The third-order valence-electron chi connectivity index (χ3n) is 6.19. The van der Waals surface area contributed by atoms with E-state index >= 15 is 0 Å². The van der Waals surface area contributed by atoms with E-state index in [9.17, 15) is 4.79 Å². The Morgan fingerprint density at radius 2 is 1.24 bits per heavy atom. The van der Waals surface area contributed by atoms with Gasteiger partial charge in [0, 0.05) is 49.9 Å². The highest BCUT2D eigenvalue weighted by Gasteiger charge is 2.15. The summed E-state index contributed by atoms with van der Waals surface area (Å²) in [5.74, 6) is -0.0146. The molecule has 0 saturated carbocycles. The summed E-state index contributed by atoms with van der Waals surface area (Å²) in [4.78, 5) is 19.9. The molecule has 0 fully saturated rings. The summed E-state index contributed by atoms with van der Waals surface area (Å²) >= 11 is 0. The van der Waals surface area contributed by atoms with Gasteiger partial charge in [0.05, 0.1) is 0 Å². The van der Waals surface area contributed by atoms with Crippen LogP contribution in [0.1, 0.15) is 15.9 Å². The summed E-state index contributed by atoms with van der Waals surface area (Å²) in [6.45, 7) is 0. The van der Waals surface area contributed by atoms with Crippen LogP contribution in [-0.2, 0) is 0 Å². The normalized spacial score (nSPS) is 11.5. The fraction of sp³-hybridized carbons (Fsp3) is 0. The van der Waals surface area contributed by atoms with Gasteiger partial charge in [-0.3, -0.25) is 4.79 Å². The maximum absolute atomic E-state index is 12.8. The van der Waals surface area contributed by atoms with Crippen molar-refractivity contribution in [2.24, 2.45) is 0 Å². The number of ketones is 1. The molecule has 3 heteroatoms. The molecule has 0 saturated heterocycles. The lowest BCUT2D eigenvalue weighted by molar-refractivity contribution is 0.104. The molecule has 0 unspecified atom stereocenters. The van der Waals surface area contributed by atoms with Crippen LogP contribution in [0, 0.1) is 0 Å². The van der Waals surface area contributed by atoms with Crippen LogP contribution in [0.3, 0.4) is 0 Å². The number of hydrogen-bond acceptors (Lipinski definition) is 1. The molecule has 0 spiro atoms. The molecule has 34 heavy (non-hydrogen) atoms. The average molecular weight is 439 g/mol. The van der Waals surface area contributed by atoms with E-state index in [2.05, 4.69) is 58.5 Å². The first-order valence-corrected chi connectivity index (χ1v) is 11.3. The van der Waals surface area contributed by atoms with Gasteiger partial charge in [-0.1, -0.05) is 91.0 Å². The van der Waals surface area contributed by atoms with Gasteiger partial charge in [-0.05, 0) is 35.9 Å². The Hall–Kier alpha value is -4.63. The summed E-state index contributed by atoms with van der Waals surface area (Å²) in [7, 11) is 0. The second kappa shape index (κ2) is 8.38.